The number of aromatic nitrogens is 3. The van der Waals surface area contributed by atoms with Crippen LogP contribution < -0.4 is 15.2 Å². The molecule has 0 radical (unpaired) electrons. The maximum Gasteiger partial charge on any atom is 0.248 e. The molecule has 2 aromatic heterocycles. The Morgan fingerprint density at radius 3 is 2.62 bits per heavy atom. The van der Waals surface area contributed by atoms with Gasteiger partial charge in [-0.3, -0.25) is 9.78 Å². The van der Waals surface area contributed by atoms with Gasteiger partial charge in [0.15, 0.2) is 11.5 Å². The molecule has 0 atom stereocenters. The summed E-state index contributed by atoms with van der Waals surface area (Å²) in [5.74, 6) is 0.902. The molecule has 2 heterocycles. The van der Waals surface area contributed by atoms with E-state index in [2.05, 4.69) is 9.97 Å². The fraction of sp³-hybridized carbons (Fsp3) is 0.136. The Labute approximate surface area is 167 Å². The summed E-state index contributed by atoms with van der Waals surface area (Å²) >= 11 is 0. The second kappa shape index (κ2) is 7.63. The Morgan fingerprint density at radius 1 is 1.03 bits per heavy atom. The molecule has 0 saturated heterocycles. The predicted molar refractivity (Wildman–Crippen MR) is 110 cm³/mol. The van der Waals surface area contributed by atoms with Crippen LogP contribution in [0.1, 0.15) is 15.9 Å². The highest BCUT2D eigenvalue weighted by molar-refractivity contribution is 5.94. The van der Waals surface area contributed by atoms with Crippen LogP contribution in [0.15, 0.2) is 61.1 Å². The molecule has 0 aliphatic carbocycles. The molecule has 1 amide bonds. The van der Waals surface area contributed by atoms with Gasteiger partial charge in [0, 0.05) is 17.7 Å². The third-order valence-corrected chi connectivity index (χ3v) is 4.75. The van der Waals surface area contributed by atoms with E-state index in [1.54, 1.807) is 44.9 Å². The predicted octanol–water partition coefficient (Wildman–Crippen LogP) is 3.26. The second-order valence-electron chi connectivity index (χ2n) is 6.57. The van der Waals surface area contributed by atoms with Crippen molar-refractivity contribution in [1.82, 2.24) is 14.5 Å². The molecular formula is C22H20N4O3. The first-order valence-corrected chi connectivity index (χ1v) is 9.01. The molecule has 0 saturated carbocycles. The number of fused-ring (bicyclic) bond motifs is 1. The number of nitrogens with zero attached hydrogens (tertiary/aromatic N) is 3. The Balaban J connectivity index is 1.71. The number of primary amides is 1. The van der Waals surface area contributed by atoms with E-state index in [4.69, 9.17) is 15.2 Å². The van der Waals surface area contributed by atoms with E-state index in [0.717, 1.165) is 27.9 Å². The summed E-state index contributed by atoms with van der Waals surface area (Å²) in [7, 11) is 3.23. The normalized spacial score (nSPS) is 10.8. The summed E-state index contributed by atoms with van der Waals surface area (Å²) in [6.45, 7) is 0.613. The highest BCUT2D eigenvalue weighted by Gasteiger charge is 2.10. The molecule has 0 aliphatic rings. The van der Waals surface area contributed by atoms with E-state index < -0.39 is 5.91 Å². The van der Waals surface area contributed by atoms with Crippen molar-refractivity contribution >= 4 is 16.9 Å². The molecule has 0 spiro atoms. The molecule has 0 fully saturated rings. The number of carbonyl (C=O) groups excluding carboxylic acids is 1. The standard InChI is InChI=1S/C22H20N4O3/c1-28-20-7-6-14(8-21(20)29-2)12-26-13-25-18-11-24-17(10-19(18)26)15-4-3-5-16(9-15)22(23)27/h3-11,13H,12H2,1-2H3,(H2,23,27). The van der Waals surface area contributed by atoms with Crippen LogP contribution in [0.4, 0.5) is 0 Å². The van der Waals surface area contributed by atoms with Gasteiger partial charge in [0.2, 0.25) is 5.91 Å². The van der Waals surface area contributed by atoms with E-state index >= 15 is 0 Å². The SMILES string of the molecule is COc1ccc(Cn2cnc3cnc(-c4cccc(C(N)=O)c4)cc32)cc1OC. The second-order valence-corrected chi connectivity index (χ2v) is 6.57. The number of hydrogen-bond donors (Lipinski definition) is 1. The first-order chi connectivity index (χ1) is 14.1. The largest absolute Gasteiger partial charge is 0.493 e. The Bertz CT molecular complexity index is 1200. The van der Waals surface area contributed by atoms with Crippen molar-refractivity contribution in [3.05, 3.63) is 72.2 Å². The van der Waals surface area contributed by atoms with Crippen LogP contribution in [-0.2, 0) is 6.54 Å². The summed E-state index contributed by atoms with van der Waals surface area (Å²) in [6, 6.07) is 14.9. The number of pyridine rings is 1. The molecular weight excluding hydrogens is 368 g/mol. The minimum absolute atomic E-state index is 0.447. The lowest BCUT2D eigenvalue weighted by molar-refractivity contribution is 0.100. The lowest BCUT2D eigenvalue weighted by atomic mass is 10.1. The number of ether oxygens (including phenoxy) is 2. The third-order valence-electron chi connectivity index (χ3n) is 4.75. The average Bonchev–Trinajstić information content (AvgIpc) is 3.15. The lowest BCUT2D eigenvalue weighted by Gasteiger charge is -2.11. The molecule has 7 nitrogen and oxygen atoms in total. The molecule has 4 rings (SSSR count). The zero-order chi connectivity index (χ0) is 20.4. The van der Waals surface area contributed by atoms with Gasteiger partial charge in [-0.15, -0.1) is 0 Å². The van der Waals surface area contributed by atoms with Crippen molar-refractivity contribution in [1.29, 1.82) is 0 Å². The van der Waals surface area contributed by atoms with E-state index in [0.29, 0.717) is 23.6 Å². The van der Waals surface area contributed by atoms with Gasteiger partial charge in [-0.1, -0.05) is 18.2 Å². The summed E-state index contributed by atoms with van der Waals surface area (Å²) in [5.41, 5.74) is 10.2. The van der Waals surface area contributed by atoms with Crippen molar-refractivity contribution in [3.63, 3.8) is 0 Å². The first-order valence-electron chi connectivity index (χ1n) is 9.01. The van der Waals surface area contributed by atoms with E-state index in [-0.39, 0.29) is 0 Å². The van der Waals surface area contributed by atoms with Crippen LogP contribution in [0.3, 0.4) is 0 Å². The van der Waals surface area contributed by atoms with Crippen LogP contribution in [0.2, 0.25) is 0 Å². The van der Waals surface area contributed by atoms with Crippen LogP contribution in [0.5, 0.6) is 11.5 Å². The Hall–Kier alpha value is -3.87. The molecule has 2 aromatic carbocycles. The van der Waals surface area contributed by atoms with Gasteiger partial charge in [0.05, 0.1) is 38.0 Å². The van der Waals surface area contributed by atoms with Crippen LogP contribution in [-0.4, -0.2) is 34.7 Å². The third kappa shape index (κ3) is 3.62. The molecule has 0 aliphatic heterocycles. The number of imidazole rings is 1. The first kappa shape index (κ1) is 18.5. The van der Waals surface area contributed by atoms with E-state index in [1.165, 1.54) is 0 Å². The van der Waals surface area contributed by atoms with Gasteiger partial charge in [-0.2, -0.15) is 0 Å². The Kier molecular flexibility index (Phi) is 4.87. The summed E-state index contributed by atoms with van der Waals surface area (Å²) < 4.78 is 12.7. The maximum atomic E-state index is 11.5. The average molecular weight is 388 g/mol. The van der Waals surface area contributed by atoms with E-state index in [1.807, 2.05) is 34.9 Å². The highest BCUT2D eigenvalue weighted by Crippen LogP contribution is 2.29. The summed E-state index contributed by atoms with van der Waals surface area (Å²) in [6.07, 6.45) is 3.51. The molecule has 0 unspecified atom stereocenters. The fourth-order valence-corrected chi connectivity index (χ4v) is 3.25. The fourth-order valence-electron chi connectivity index (χ4n) is 3.25. The smallest absolute Gasteiger partial charge is 0.248 e. The van der Waals surface area contributed by atoms with Gasteiger partial charge >= 0.3 is 0 Å². The summed E-state index contributed by atoms with van der Waals surface area (Å²) in [4.78, 5) is 20.4. The van der Waals surface area contributed by atoms with Crippen molar-refractivity contribution in [2.45, 2.75) is 6.54 Å². The molecule has 0 bridgehead atoms. The van der Waals surface area contributed by atoms with Crippen LogP contribution in [0, 0.1) is 0 Å². The number of methoxy groups -OCH3 is 2. The zero-order valence-corrected chi connectivity index (χ0v) is 16.1. The van der Waals surface area contributed by atoms with Crippen molar-refractivity contribution < 1.29 is 14.3 Å². The number of hydrogen-bond acceptors (Lipinski definition) is 5. The number of carbonyl (C=O) groups is 1. The zero-order valence-electron chi connectivity index (χ0n) is 16.1. The number of rotatable bonds is 6. The van der Waals surface area contributed by atoms with Crippen LogP contribution >= 0.6 is 0 Å². The Morgan fingerprint density at radius 2 is 1.86 bits per heavy atom. The van der Waals surface area contributed by atoms with Gasteiger partial charge in [-0.05, 0) is 35.9 Å². The van der Waals surface area contributed by atoms with Crippen molar-refractivity contribution in [3.8, 4) is 22.8 Å². The van der Waals surface area contributed by atoms with Gasteiger partial charge < -0.3 is 19.8 Å². The van der Waals surface area contributed by atoms with E-state index in [9.17, 15) is 4.79 Å². The number of benzene rings is 2. The monoisotopic (exact) mass is 388 g/mol. The number of amides is 1. The lowest BCUT2D eigenvalue weighted by Crippen LogP contribution is -2.10. The quantitative estimate of drug-likeness (QED) is 0.547. The molecule has 4 aromatic rings. The van der Waals surface area contributed by atoms with Gasteiger partial charge in [0.25, 0.3) is 0 Å². The topological polar surface area (TPSA) is 92.3 Å². The van der Waals surface area contributed by atoms with Crippen molar-refractivity contribution in [2.24, 2.45) is 5.73 Å². The number of nitrogens with two attached hydrogens (primary N) is 1. The molecule has 146 valence electrons. The highest BCUT2D eigenvalue weighted by atomic mass is 16.5. The van der Waals surface area contributed by atoms with Crippen LogP contribution in [0.25, 0.3) is 22.3 Å². The minimum atomic E-state index is -0.466. The maximum absolute atomic E-state index is 11.5. The summed E-state index contributed by atoms with van der Waals surface area (Å²) in [5, 5.41) is 0. The van der Waals surface area contributed by atoms with Crippen molar-refractivity contribution in [2.75, 3.05) is 14.2 Å². The molecule has 7 heteroatoms. The molecule has 2 N–H and O–H groups in total. The molecule has 29 heavy (non-hydrogen) atoms. The van der Waals surface area contributed by atoms with Gasteiger partial charge in [0.1, 0.15) is 5.52 Å². The minimum Gasteiger partial charge on any atom is -0.493 e. The van der Waals surface area contributed by atoms with Gasteiger partial charge in [-0.25, -0.2) is 4.98 Å².